The lowest BCUT2D eigenvalue weighted by Crippen LogP contribution is -2.19. The van der Waals surface area contributed by atoms with Gasteiger partial charge in [0.25, 0.3) is 0 Å². The summed E-state index contributed by atoms with van der Waals surface area (Å²) in [4.78, 5) is 4.43. The van der Waals surface area contributed by atoms with Gasteiger partial charge in [-0.3, -0.25) is 0 Å². The van der Waals surface area contributed by atoms with Crippen LogP contribution in [0, 0.1) is 11.6 Å². The third-order valence-electron chi connectivity index (χ3n) is 3.24. The van der Waals surface area contributed by atoms with Crippen molar-refractivity contribution in [3.8, 4) is 0 Å². The van der Waals surface area contributed by atoms with Crippen molar-refractivity contribution in [3.63, 3.8) is 0 Å². The Morgan fingerprint density at radius 2 is 2.16 bits per heavy atom. The van der Waals surface area contributed by atoms with Crippen LogP contribution >= 0.6 is 12.2 Å². The highest BCUT2D eigenvalue weighted by Gasteiger charge is 2.04. The van der Waals surface area contributed by atoms with Gasteiger partial charge in [0.05, 0.1) is 0 Å². The van der Waals surface area contributed by atoms with E-state index in [1.807, 2.05) is 23.9 Å². The molecule has 2 heterocycles. The minimum atomic E-state index is 0.821. The molecule has 1 N–H and O–H groups in total. The first-order valence-corrected chi connectivity index (χ1v) is 7.36. The van der Waals surface area contributed by atoms with E-state index < -0.39 is 0 Å². The Bertz CT molecular complexity index is 604. The molecule has 0 bridgehead atoms. The summed E-state index contributed by atoms with van der Waals surface area (Å²) in [5.41, 5.74) is 5.42. The maximum Gasteiger partial charge on any atom is 0.159 e. The third kappa shape index (κ3) is 3.32. The molecule has 0 aliphatic carbocycles. The molecule has 0 aliphatic rings. The average Bonchev–Trinajstić information content (AvgIpc) is 2.42. The van der Waals surface area contributed by atoms with Crippen LogP contribution in [0.25, 0.3) is 11.0 Å². The van der Waals surface area contributed by atoms with E-state index in [4.69, 9.17) is 12.2 Å². The molecule has 0 spiro atoms. The van der Waals surface area contributed by atoms with Gasteiger partial charge in [-0.05, 0) is 37.1 Å². The molecule has 3 nitrogen and oxygen atoms in total. The number of pyridine rings is 2. The number of hydrogen-bond donors (Lipinski definition) is 1. The van der Waals surface area contributed by atoms with Crippen molar-refractivity contribution in [2.75, 3.05) is 12.0 Å². The number of nitrogens with zero attached hydrogens (tertiary/aromatic N) is 2. The summed E-state index contributed by atoms with van der Waals surface area (Å²) >= 11 is 5.48. The van der Waals surface area contributed by atoms with E-state index in [1.54, 1.807) is 0 Å². The zero-order valence-corrected chi connectivity index (χ0v) is 12.5. The van der Waals surface area contributed by atoms with Gasteiger partial charge in [-0.25, -0.2) is 9.66 Å². The smallest absolute Gasteiger partial charge is 0.159 e. The van der Waals surface area contributed by atoms with Crippen LogP contribution in [0.2, 0.25) is 0 Å². The number of rotatable bonds is 6. The van der Waals surface area contributed by atoms with E-state index in [9.17, 15) is 0 Å². The molecule has 0 saturated heterocycles. The van der Waals surface area contributed by atoms with Crippen LogP contribution in [0.1, 0.15) is 38.2 Å². The predicted octanol–water partition coefficient (Wildman–Crippen LogP) is 4.20. The van der Waals surface area contributed by atoms with Crippen molar-refractivity contribution in [2.45, 2.75) is 39.5 Å². The Hall–Kier alpha value is -1.42. The predicted molar refractivity (Wildman–Crippen MR) is 83.7 cm³/mol. The molecule has 19 heavy (non-hydrogen) atoms. The first kappa shape index (κ1) is 14.0. The maximum atomic E-state index is 5.48. The van der Waals surface area contributed by atoms with Crippen molar-refractivity contribution in [2.24, 2.45) is 0 Å². The fraction of sp³-hybridized carbons (Fsp3) is 0.467. The number of aromatic nitrogens is 2. The average molecular weight is 275 g/mol. The molecule has 0 saturated carbocycles. The lowest BCUT2D eigenvalue weighted by atomic mass is 10.2. The van der Waals surface area contributed by atoms with Crippen LogP contribution in [-0.4, -0.2) is 16.2 Å². The van der Waals surface area contributed by atoms with Crippen LogP contribution in [0.15, 0.2) is 24.4 Å². The number of fused-ring (bicyclic) bond motifs is 1. The summed E-state index contributed by atoms with van der Waals surface area (Å²) in [6.45, 7) is 5.20. The quantitative estimate of drug-likeness (QED) is 0.633. The molecule has 0 aromatic carbocycles. The van der Waals surface area contributed by atoms with Gasteiger partial charge in [-0.15, -0.1) is 0 Å². The largest absolute Gasteiger partial charge is 0.323 e. The van der Waals surface area contributed by atoms with Gasteiger partial charge in [0.15, 0.2) is 5.65 Å². The fourth-order valence-corrected chi connectivity index (χ4v) is 2.38. The third-order valence-corrected chi connectivity index (χ3v) is 3.75. The number of hydrogen-bond acceptors (Lipinski definition) is 3. The molecule has 0 fully saturated rings. The van der Waals surface area contributed by atoms with Crippen LogP contribution in [0.3, 0.4) is 0 Å². The van der Waals surface area contributed by atoms with Gasteiger partial charge >= 0.3 is 0 Å². The topological polar surface area (TPSA) is 29.9 Å². The van der Waals surface area contributed by atoms with Crippen molar-refractivity contribution in [3.05, 3.63) is 34.6 Å². The highest BCUT2D eigenvalue weighted by atomic mass is 32.1. The Kier molecular flexibility index (Phi) is 4.91. The summed E-state index contributed by atoms with van der Waals surface area (Å²) in [6, 6.07) is 6.12. The summed E-state index contributed by atoms with van der Waals surface area (Å²) in [6.07, 6.45) is 6.78. The lowest BCUT2D eigenvalue weighted by molar-refractivity contribution is 0.662. The van der Waals surface area contributed by atoms with E-state index >= 15 is 0 Å². The molecule has 0 radical (unpaired) electrons. The normalized spacial score (nSPS) is 10.8. The molecule has 0 atom stereocenters. The Labute approximate surface area is 119 Å². The fourth-order valence-electron chi connectivity index (χ4n) is 2.17. The highest BCUT2D eigenvalue weighted by Crippen LogP contribution is 2.14. The monoisotopic (exact) mass is 275 g/mol. The second kappa shape index (κ2) is 6.66. The number of nitrogens with one attached hydrogen (secondary N) is 1. The zero-order valence-electron chi connectivity index (χ0n) is 11.6. The molecule has 2 rings (SSSR count). The Morgan fingerprint density at radius 1 is 1.32 bits per heavy atom. The zero-order chi connectivity index (χ0) is 13.7. The molecular formula is C15H21N3S. The second-order valence-corrected chi connectivity index (χ2v) is 5.24. The van der Waals surface area contributed by atoms with Gasteiger partial charge in [0.1, 0.15) is 4.64 Å². The van der Waals surface area contributed by atoms with Crippen LogP contribution in [-0.2, 0) is 0 Å². The summed E-state index contributed by atoms with van der Waals surface area (Å²) in [7, 11) is 0. The molecule has 0 aliphatic heterocycles. The number of unbranched alkanes of at least 4 members (excludes halogenated alkanes) is 3. The molecule has 0 amide bonds. The second-order valence-electron chi connectivity index (χ2n) is 4.85. The standard InChI is InChI=1S/C15H21N3S/c1-3-4-5-6-10-17-18-14-13(8-7-9-16-14)11-12(2)15(18)19/h7-9,11,17H,3-6,10H2,1-2H3. The van der Waals surface area contributed by atoms with Crippen molar-refractivity contribution < 1.29 is 0 Å². The minimum Gasteiger partial charge on any atom is -0.323 e. The maximum absolute atomic E-state index is 5.48. The van der Waals surface area contributed by atoms with E-state index in [0.717, 1.165) is 34.2 Å². The Balaban J connectivity index is 2.21. The van der Waals surface area contributed by atoms with E-state index in [-0.39, 0.29) is 0 Å². The van der Waals surface area contributed by atoms with Crippen LogP contribution < -0.4 is 5.43 Å². The molecule has 2 aromatic rings. The SMILES string of the molecule is CCCCCCNn1c(=S)c(C)cc2cccnc21. The minimum absolute atomic E-state index is 0.821. The van der Waals surface area contributed by atoms with Crippen LogP contribution in [0.4, 0.5) is 0 Å². The first-order valence-electron chi connectivity index (χ1n) is 6.95. The number of aryl methyl sites for hydroxylation is 1. The molecule has 4 heteroatoms. The van der Waals surface area contributed by atoms with Gasteiger partial charge in [-0.2, -0.15) is 0 Å². The van der Waals surface area contributed by atoms with Crippen molar-refractivity contribution >= 4 is 23.3 Å². The van der Waals surface area contributed by atoms with Gasteiger partial charge in [0, 0.05) is 18.1 Å². The highest BCUT2D eigenvalue weighted by molar-refractivity contribution is 7.71. The van der Waals surface area contributed by atoms with Crippen molar-refractivity contribution in [1.29, 1.82) is 0 Å². The first-order chi connectivity index (χ1) is 9.24. The lowest BCUT2D eigenvalue weighted by Gasteiger charge is -2.14. The molecule has 0 unspecified atom stereocenters. The molecular weight excluding hydrogens is 254 g/mol. The van der Waals surface area contributed by atoms with E-state index in [2.05, 4.69) is 29.5 Å². The van der Waals surface area contributed by atoms with Gasteiger partial charge in [-0.1, -0.05) is 38.4 Å². The summed E-state index contributed by atoms with van der Waals surface area (Å²) in [5, 5.41) is 1.12. The summed E-state index contributed by atoms with van der Waals surface area (Å²) in [5.74, 6) is 0. The summed E-state index contributed by atoms with van der Waals surface area (Å²) < 4.78 is 2.77. The molecule has 102 valence electrons. The van der Waals surface area contributed by atoms with Gasteiger partial charge < -0.3 is 5.43 Å². The van der Waals surface area contributed by atoms with Gasteiger partial charge in [0.2, 0.25) is 0 Å². The molecule has 2 aromatic heterocycles. The van der Waals surface area contributed by atoms with Crippen molar-refractivity contribution in [1.82, 2.24) is 9.66 Å². The van der Waals surface area contributed by atoms with E-state index in [0.29, 0.717) is 0 Å². The van der Waals surface area contributed by atoms with E-state index in [1.165, 1.54) is 19.3 Å². The van der Waals surface area contributed by atoms with Crippen LogP contribution in [0.5, 0.6) is 0 Å². The Morgan fingerprint density at radius 3 is 2.95 bits per heavy atom.